The van der Waals surface area contributed by atoms with Gasteiger partial charge in [0.15, 0.2) is 0 Å². The summed E-state index contributed by atoms with van der Waals surface area (Å²) in [5, 5.41) is 11.3. The van der Waals surface area contributed by atoms with Crippen molar-refractivity contribution in [3.8, 4) is 0 Å². The fraction of sp³-hybridized carbons (Fsp3) is 0.933. The number of rotatable bonds is 5. The molecule has 1 saturated heterocycles. The summed E-state index contributed by atoms with van der Waals surface area (Å²) in [6, 6.07) is 0.829. The highest BCUT2D eigenvalue weighted by Crippen LogP contribution is 2.27. The number of hydrogen-bond donors (Lipinski definition) is 2. The average molecular weight is 284 g/mol. The van der Waals surface area contributed by atoms with E-state index in [4.69, 9.17) is 9.84 Å². The van der Waals surface area contributed by atoms with Crippen LogP contribution in [-0.2, 0) is 4.74 Å². The number of nitrogens with one attached hydrogen (secondary N) is 1. The third-order valence-electron chi connectivity index (χ3n) is 4.57. The van der Waals surface area contributed by atoms with Crippen LogP contribution in [0.25, 0.3) is 0 Å². The predicted octanol–water partition coefficient (Wildman–Crippen LogP) is 2.46. The summed E-state index contributed by atoms with van der Waals surface area (Å²) in [6.45, 7) is 5.09. The van der Waals surface area contributed by atoms with Crippen molar-refractivity contribution >= 4 is 6.09 Å². The summed E-state index contributed by atoms with van der Waals surface area (Å²) >= 11 is 0. The van der Waals surface area contributed by atoms with Crippen LogP contribution in [0.2, 0.25) is 0 Å². The van der Waals surface area contributed by atoms with E-state index in [1.165, 1.54) is 25.7 Å². The van der Waals surface area contributed by atoms with Crippen LogP contribution in [0.4, 0.5) is 4.79 Å². The van der Waals surface area contributed by atoms with Gasteiger partial charge in [-0.05, 0) is 44.9 Å². The molecule has 1 heterocycles. The van der Waals surface area contributed by atoms with Crippen molar-refractivity contribution < 1.29 is 14.6 Å². The first-order valence-electron chi connectivity index (χ1n) is 8.04. The van der Waals surface area contributed by atoms with Crippen molar-refractivity contribution in [1.29, 1.82) is 0 Å². The van der Waals surface area contributed by atoms with Gasteiger partial charge in [-0.2, -0.15) is 0 Å². The van der Waals surface area contributed by atoms with E-state index >= 15 is 0 Å². The van der Waals surface area contributed by atoms with Gasteiger partial charge in [-0.1, -0.05) is 6.92 Å². The monoisotopic (exact) mass is 284 g/mol. The van der Waals surface area contributed by atoms with E-state index in [2.05, 4.69) is 17.1 Å². The molecule has 0 aromatic carbocycles. The van der Waals surface area contributed by atoms with Crippen LogP contribution < -0.4 is 5.32 Å². The molecule has 1 saturated carbocycles. The fourth-order valence-corrected chi connectivity index (χ4v) is 3.45. The van der Waals surface area contributed by atoms with E-state index in [-0.39, 0.29) is 6.04 Å². The van der Waals surface area contributed by atoms with Gasteiger partial charge >= 0.3 is 6.09 Å². The smallest absolute Gasteiger partial charge is 0.404 e. The molecule has 0 spiro atoms. The fourth-order valence-electron chi connectivity index (χ4n) is 3.45. The van der Waals surface area contributed by atoms with E-state index in [9.17, 15) is 4.79 Å². The minimum Gasteiger partial charge on any atom is -0.465 e. The van der Waals surface area contributed by atoms with E-state index in [0.29, 0.717) is 12.1 Å². The van der Waals surface area contributed by atoms with Crippen molar-refractivity contribution in [2.45, 2.75) is 70.1 Å². The van der Waals surface area contributed by atoms with Gasteiger partial charge in [0.1, 0.15) is 0 Å². The molecule has 1 aliphatic carbocycles. The summed E-state index contributed by atoms with van der Waals surface area (Å²) < 4.78 is 5.83. The van der Waals surface area contributed by atoms with Gasteiger partial charge in [-0.3, -0.25) is 0 Å². The number of piperidine rings is 1. The molecular weight excluding hydrogens is 256 g/mol. The second-order valence-electron chi connectivity index (χ2n) is 6.06. The quantitative estimate of drug-likeness (QED) is 0.814. The Balaban J connectivity index is 1.66. The molecule has 2 aliphatic rings. The molecule has 0 unspecified atom stereocenters. The maximum atomic E-state index is 10.6. The molecule has 0 aromatic heterocycles. The Hall–Kier alpha value is -0.810. The average Bonchev–Trinajstić information content (AvgIpc) is 2.46. The van der Waals surface area contributed by atoms with E-state index in [0.717, 1.165) is 39.0 Å². The maximum Gasteiger partial charge on any atom is 0.404 e. The van der Waals surface area contributed by atoms with Gasteiger partial charge in [0.2, 0.25) is 0 Å². The zero-order valence-electron chi connectivity index (χ0n) is 12.5. The summed E-state index contributed by atoms with van der Waals surface area (Å²) in [5.74, 6) is 0. The molecule has 5 heteroatoms. The lowest BCUT2D eigenvalue weighted by Crippen LogP contribution is -2.48. The number of hydrogen-bond acceptors (Lipinski definition) is 3. The Labute approximate surface area is 121 Å². The highest BCUT2D eigenvalue weighted by Gasteiger charge is 2.29. The Morgan fingerprint density at radius 1 is 1.20 bits per heavy atom. The molecule has 1 aliphatic heterocycles. The molecule has 1 amide bonds. The van der Waals surface area contributed by atoms with Crippen molar-refractivity contribution in [3.05, 3.63) is 0 Å². The second-order valence-corrected chi connectivity index (χ2v) is 6.06. The largest absolute Gasteiger partial charge is 0.465 e. The van der Waals surface area contributed by atoms with Crippen LogP contribution in [0.5, 0.6) is 0 Å². The third-order valence-corrected chi connectivity index (χ3v) is 4.57. The number of likely N-dealkylation sites (tertiary alicyclic amines) is 1. The standard InChI is InChI=1S/C15H28N2O3/c1-2-11-20-14-5-3-13(4-6-14)17-9-7-12(8-10-17)16-15(18)19/h12-14,16H,2-11H2,1H3,(H,18,19)/t13-,14+. The number of amides is 1. The van der Waals surface area contributed by atoms with Crippen molar-refractivity contribution in [1.82, 2.24) is 10.2 Å². The molecule has 0 aromatic rings. The Bertz CT molecular complexity index is 295. The van der Waals surface area contributed by atoms with Crippen LogP contribution in [0.15, 0.2) is 0 Å². The van der Waals surface area contributed by atoms with Crippen LogP contribution in [0.3, 0.4) is 0 Å². The summed E-state index contributed by atoms with van der Waals surface area (Å²) in [5.41, 5.74) is 0. The van der Waals surface area contributed by atoms with Gasteiger partial charge in [-0.25, -0.2) is 4.79 Å². The number of ether oxygens (including phenoxy) is 1. The van der Waals surface area contributed by atoms with Crippen LogP contribution in [0.1, 0.15) is 51.9 Å². The Kier molecular flexibility index (Phi) is 6.10. The lowest BCUT2D eigenvalue weighted by molar-refractivity contribution is 0.00339. The molecule has 2 fully saturated rings. The minimum atomic E-state index is -0.892. The molecule has 0 radical (unpaired) electrons. The first-order chi connectivity index (χ1) is 9.69. The van der Waals surface area contributed by atoms with Crippen LogP contribution in [0, 0.1) is 0 Å². The molecule has 0 bridgehead atoms. The number of carbonyl (C=O) groups is 1. The molecule has 0 atom stereocenters. The summed E-state index contributed by atoms with van der Waals surface area (Å²) in [4.78, 5) is 13.2. The summed E-state index contributed by atoms with van der Waals surface area (Å²) in [7, 11) is 0. The summed E-state index contributed by atoms with van der Waals surface area (Å²) in [6.07, 6.45) is 7.38. The van der Waals surface area contributed by atoms with Gasteiger partial charge in [-0.15, -0.1) is 0 Å². The van der Waals surface area contributed by atoms with Gasteiger partial charge in [0.25, 0.3) is 0 Å². The lowest BCUT2D eigenvalue weighted by Gasteiger charge is -2.40. The van der Waals surface area contributed by atoms with E-state index < -0.39 is 6.09 Å². The van der Waals surface area contributed by atoms with Crippen molar-refractivity contribution in [3.63, 3.8) is 0 Å². The molecule has 116 valence electrons. The van der Waals surface area contributed by atoms with Gasteiger partial charge < -0.3 is 20.1 Å². The Morgan fingerprint density at radius 2 is 1.85 bits per heavy atom. The Morgan fingerprint density at radius 3 is 2.40 bits per heavy atom. The van der Waals surface area contributed by atoms with Crippen molar-refractivity contribution in [2.24, 2.45) is 0 Å². The van der Waals surface area contributed by atoms with Gasteiger partial charge in [0, 0.05) is 31.8 Å². The van der Waals surface area contributed by atoms with E-state index in [1.807, 2.05) is 0 Å². The zero-order valence-corrected chi connectivity index (χ0v) is 12.5. The SMILES string of the molecule is CCCO[C@H]1CC[C@@H](N2CCC(NC(=O)O)CC2)CC1. The molecule has 2 rings (SSSR count). The zero-order chi connectivity index (χ0) is 14.4. The van der Waals surface area contributed by atoms with Gasteiger partial charge in [0.05, 0.1) is 6.10 Å². The first kappa shape index (κ1) is 15.6. The highest BCUT2D eigenvalue weighted by molar-refractivity contribution is 5.64. The maximum absolute atomic E-state index is 10.6. The lowest BCUT2D eigenvalue weighted by atomic mass is 9.90. The molecule has 2 N–H and O–H groups in total. The molecule has 20 heavy (non-hydrogen) atoms. The van der Waals surface area contributed by atoms with Crippen LogP contribution in [-0.4, -0.2) is 54.0 Å². The van der Waals surface area contributed by atoms with Crippen LogP contribution >= 0.6 is 0 Å². The minimum absolute atomic E-state index is 0.146. The third kappa shape index (κ3) is 4.63. The molecule has 5 nitrogen and oxygen atoms in total. The number of nitrogens with zero attached hydrogens (tertiary/aromatic N) is 1. The normalized spacial score (nSPS) is 29.2. The highest BCUT2D eigenvalue weighted by atomic mass is 16.5. The number of carboxylic acid groups (broad SMARTS) is 1. The second kappa shape index (κ2) is 7.84. The molecular formula is C15H28N2O3. The predicted molar refractivity (Wildman–Crippen MR) is 78.0 cm³/mol. The topological polar surface area (TPSA) is 61.8 Å². The van der Waals surface area contributed by atoms with Crippen molar-refractivity contribution in [2.75, 3.05) is 19.7 Å². The first-order valence-corrected chi connectivity index (χ1v) is 8.04. The van der Waals surface area contributed by atoms with E-state index in [1.54, 1.807) is 0 Å².